The van der Waals surface area contributed by atoms with Crippen LogP contribution < -0.4 is 0 Å². The number of aliphatic hydroxyl groups excluding tert-OH is 2. The van der Waals surface area contributed by atoms with Gasteiger partial charge in [0.05, 0.1) is 36.5 Å². The molecular weight excluding hydrogens is 295 g/mol. The van der Waals surface area contributed by atoms with Crippen LogP contribution in [0.5, 0.6) is 0 Å². The average molecular weight is 316 g/mol. The molecule has 122 valence electrons. The third-order valence-electron chi connectivity index (χ3n) is 5.41. The Bertz CT molecular complexity index is 707. The Hall–Kier alpha value is -1.72. The van der Waals surface area contributed by atoms with Gasteiger partial charge in [0.15, 0.2) is 0 Å². The average Bonchev–Trinajstić information content (AvgIpc) is 3.12. The van der Waals surface area contributed by atoms with Gasteiger partial charge in [-0.2, -0.15) is 0 Å². The number of aliphatic hydroxyl groups is 2. The number of fused-ring (bicyclic) bond motifs is 3. The molecule has 1 aliphatic carbocycles. The summed E-state index contributed by atoms with van der Waals surface area (Å²) in [5.74, 6) is -0.0383. The molecule has 1 aromatic carbocycles. The summed E-state index contributed by atoms with van der Waals surface area (Å²) >= 11 is 0. The lowest BCUT2D eigenvalue weighted by Gasteiger charge is -2.31. The number of aromatic nitrogens is 2. The minimum absolute atomic E-state index is 0.182. The summed E-state index contributed by atoms with van der Waals surface area (Å²) in [5.41, 5.74) is 2.45. The minimum Gasteiger partial charge on any atom is -0.393 e. The molecule has 0 radical (unpaired) electrons. The topological polar surface area (TPSA) is 58.3 Å². The summed E-state index contributed by atoms with van der Waals surface area (Å²) in [7, 11) is 0. The number of rotatable bonds is 3. The van der Waals surface area contributed by atoms with Crippen LogP contribution in [-0.2, 0) is 0 Å². The molecule has 1 fully saturated rings. The molecule has 2 heterocycles. The summed E-state index contributed by atoms with van der Waals surface area (Å²) in [6, 6.07) is 4.91. The minimum atomic E-state index is -0.492. The van der Waals surface area contributed by atoms with Crippen LogP contribution in [0.4, 0.5) is 4.39 Å². The summed E-state index contributed by atoms with van der Waals surface area (Å²) in [4.78, 5) is 4.18. The van der Waals surface area contributed by atoms with Gasteiger partial charge in [-0.05, 0) is 44.1 Å². The molecule has 2 aliphatic rings. The van der Waals surface area contributed by atoms with E-state index in [2.05, 4.69) is 4.98 Å². The smallest absolute Gasteiger partial charge is 0.129 e. The highest BCUT2D eigenvalue weighted by molar-refractivity contribution is 5.69. The van der Waals surface area contributed by atoms with Crippen molar-refractivity contribution < 1.29 is 14.6 Å². The predicted octanol–water partition coefficient (Wildman–Crippen LogP) is 2.89. The Balaban J connectivity index is 1.60. The maximum Gasteiger partial charge on any atom is 0.129 e. The van der Waals surface area contributed by atoms with Crippen molar-refractivity contribution in [3.63, 3.8) is 0 Å². The lowest BCUT2D eigenvalue weighted by atomic mass is 9.81. The molecule has 4 nitrogen and oxygen atoms in total. The molecule has 0 saturated heterocycles. The summed E-state index contributed by atoms with van der Waals surface area (Å²) in [5, 5.41) is 20.3. The van der Waals surface area contributed by atoms with E-state index < -0.39 is 6.10 Å². The van der Waals surface area contributed by atoms with Gasteiger partial charge in [0.25, 0.3) is 0 Å². The van der Waals surface area contributed by atoms with Gasteiger partial charge in [0, 0.05) is 11.1 Å². The molecule has 5 heteroatoms. The second-order valence-corrected chi connectivity index (χ2v) is 6.77. The van der Waals surface area contributed by atoms with Gasteiger partial charge in [0.1, 0.15) is 5.82 Å². The molecule has 1 aromatic heterocycles. The van der Waals surface area contributed by atoms with Crippen molar-refractivity contribution in [2.75, 3.05) is 0 Å². The van der Waals surface area contributed by atoms with Crippen LogP contribution in [0.1, 0.15) is 43.7 Å². The first-order valence-corrected chi connectivity index (χ1v) is 8.32. The van der Waals surface area contributed by atoms with Gasteiger partial charge in [-0.15, -0.1) is 0 Å². The fourth-order valence-electron chi connectivity index (χ4n) is 4.14. The van der Waals surface area contributed by atoms with Crippen LogP contribution in [-0.4, -0.2) is 32.0 Å². The first kappa shape index (κ1) is 14.8. The van der Waals surface area contributed by atoms with E-state index in [1.54, 1.807) is 18.6 Å². The summed E-state index contributed by atoms with van der Waals surface area (Å²) < 4.78 is 16.3. The van der Waals surface area contributed by atoms with E-state index in [9.17, 15) is 14.6 Å². The number of hydrogen-bond donors (Lipinski definition) is 2. The van der Waals surface area contributed by atoms with Gasteiger partial charge >= 0.3 is 0 Å². The zero-order chi connectivity index (χ0) is 16.0. The Labute approximate surface area is 134 Å². The zero-order valence-corrected chi connectivity index (χ0v) is 12.9. The van der Waals surface area contributed by atoms with Crippen molar-refractivity contribution in [3.8, 4) is 11.3 Å². The first-order chi connectivity index (χ1) is 11.1. The third-order valence-corrected chi connectivity index (χ3v) is 5.41. The van der Waals surface area contributed by atoms with E-state index in [-0.39, 0.29) is 23.9 Å². The third kappa shape index (κ3) is 2.48. The highest BCUT2D eigenvalue weighted by Crippen LogP contribution is 2.43. The maximum absolute atomic E-state index is 14.4. The molecule has 1 aliphatic heterocycles. The van der Waals surface area contributed by atoms with E-state index in [1.165, 1.54) is 6.07 Å². The fourth-order valence-corrected chi connectivity index (χ4v) is 4.14. The molecule has 2 aromatic rings. The Morgan fingerprint density at radius 1 is 1.26 bits per heavy atom. The van der Waals surface area contributed by atoms with E-state index in [0.717, 1.165) is 36.9 Å². The Morgan fingerprint density at radius 2 is 2.04 bits per heavy atom. The molecular formula is C18H21FN2O2. The number of imidazole rings is 1. The summed E-state index contributed by atoms with van der Waals surface area (Å²) in [6.45, 7) is 0. The number of nitrogens with zero attached hydrogens (tertiary/aromatic N) is 2. The van der Waals surface area contributed by atoms with Gasteiger partial charge in [-0.25, -0.2) is 9.37 Å². The quantitative estimate of drug-likeness (QED) is 0.915. The van der Waals surface area contributed by atoms with Crippen LogP contribution in [0, 0.1) is 11.7 Å². The molecule has 0 bridgehead atoms. The second-order valence-electron chi connectivity index (χ2n) is 6.77. The zero-order valence-electron chi connectivity index (χ0n) is 12.9. The normalized spacial score (nSPS) is 27.5. The summed E-state index contributed by atoms with van der Waals surface area (Å²) in [6.07, 6.45) is 6.38. The van der Waals surface area contributed by atoms with Crippen LogP contribution in [0.15, 0.2) is 30.7 Å². The number of hydrogen-bond acceptors (Lipinski definition) is 3. The van der Waals surface area contributed by atoms with Crippen molar-refractivity contribution >= 4 is 0 Å². The van der Waals surface area contributed by atoms with Crippen molar-refractivity contribution in [3.05, 3.63) is 42.1 Å². The van der Waals surface area contributed by atoms with Crippen LogP contribution in [0.25, 0.3) is 11.3 Å². The molecule has 4 rings (SSSR count). The lowest BCUT2D eigenvalue weighted by molar-refractivity contribution is 0.0328. The SMILES string of the molecule is O[C@@H](C[C@H]1c2c(F)cccc2-c2cncn21)[C@H]1CC[C@H](O)CC1. The van der Waals surface area contributed by atoms with Gasteiger partial charge in [-0.3, -0.25) is 0 Å². The number of halogens is 1. The van der Waals surface area contributed by atoms with Crippen molar-refractivity contribution in [2.45, 2.75) is 50.4 Å². The fraction of sp³-hybridized carbons (Fsp3) is 0.500. The molecule has 23 heavy (non-hydrogen) atoms. The van der Waals surface area contributed by atoms with Gasteiger partial charge in [0.2, 0.25) is 0 Å². The molecule has 0 unspecified atom stereocenters. The highest BCUT2D eigenvalue weighted by atomic mass is 19.1. The first-order valence-electron chi connectivity index (χ1n) is 8.32. The molecule has 2 atom stereocenters. The van der Waals surface area contributed by atoms with E-state index in [4.69, 9.17) is 0 Å². The lowest BCUT2D eigenvalue weighted by Crippen LogP contribution is -2.29. The van der Waals surface area contributed by atoms with E-state index >= 15 is 0 Å². The molecule has 0 spiro atoms. The molecule has 2 N–H and O–H groups in total. The predicted molar refractivity (Wildman–Crippen MR) is 84.3 cm³/mol. The van der Waals surface area contributed by atoms with Crippen molar-refractivity contribution in [2.24, 2.45) is 5.92 Å². The van der Waals surface area contributed by atoms with Gasteiger partial charge < -0.3 is 14.8 Å². The van der Waals surface area contributed by atoms with Gasteiger partial charge in [-0.1, -0.05) is 12.1 Å². The largest absolute Gasteiger partial charge is 0.393 e. The monoisotopic (exact) mass is 316 g/mol. The van der Waals surface area contributed by atoms with E-state index in [1.807, 2.05) is 10.6 Å². The Morgan fingerprint density at radius 3 is 2.83 bits per heavy atom. The van der Waals surface area contributed by atoms with Crippen molar-refractivity contribution in [1.82, 2.24) is 9.55 Å². The van der Waals surface area contributed by atoms with Crippen LogP contribution in [0.2, 0.25) is 0 Å². The standard InChI is InChI=1S/C18H21FN2O2/c19-14-3-1-2-13-16-9-20-10-21(16)15(18(13)14)8-17(23)11-4-6-12(22)7-5-11/h1-3,9-12,15,17,22-23H,4-8H2/t11-,12-,15-,17-/m0/s1. The molecule has 1 saturated carbocycles. The van der Waals surface area contributed by atoms with Crippen LogP contribution in [0.3, 0.4) is 0 Å². The molecule has 0 amide bonds. The highest BCUT2D eigenvalue weighted by Gasteiger charge is 2.35. The van der Waals surface area contributed by atoms with E-state index in [0.29, 0.717) is 12.0 Å². The van der Waals surface area contributed by atoms with Crippen molar-refractivity contribution in [1.29, 1.82) is 0 Å². The Kier molecular flexibility index (Phi) is 3.70. The second kappa shape index (κ2) is 5.73. The van der Waals surface area contributed by atoms with Crippen LogP contribution >= 0.6 is 0 Å². The number of benzene rings is 1. The maximum atomic E-state index is 14.4.